The normalized spacial score (nSPS) is 13.1. The number of aryl methyl sites for hydroxylation is 1. The Labute approximate surface area is 111 Å². The number of halogens is 1. The highest BCUT2D eigenvalue weighted by Crippen LogP contribution is 2.24. The zero-order chi connectivity index (χ0) is 12.3. The number of thioether (sulfide) groups is 1. The highest BCUT2D eigenvalue weighted by molar-refractivity contribution is 7.99. The first kappa shape index (κ1) is 12.8. The van der Waals surface area contributed by atoms with Gasteiger partial charge in [-0.1, -0.05) is 25.1 Å². The lowest BCUT2D eigenvalue weighted by Crippen LogP contribution is -1.99. The Balaban J connectivity index is 2.28. The average molecular weight is 269 g/mol. The molecular formula is C13H17ClN2S. The zero-order valence-corrected chi connectivity index (χ0v) is 11.8. The summed E-state index contributed by atoms with van der Waals surface area (Å²) >= 11 is 7.68. The maximum absolute atomic E-state index is 5.82. The lowest BCUT2D eigenvalue weighted by molar-refractivity contribution is 0.675. The van der Waals surface area contributed by atoms with Crippen LogP contribution < -0.4 is 0 Å². The Morgan fingerprint density at radius 3 is 2.88 bits per heavy atom. The number of nitrogens with zero attached hydrogens (tertiary/aromatic N) is 2. The molecular weight excluding hydrogens is 252 g/mol. The molecule has 0 fully saturated rings. The first-order valence-corrected chi connectivity index (χ1v) is 7.46. The third kappa shape index (κ3) is 2.78. The van der Waals surface area contributed by atoms with Gasteiger partial charge in [0.1, 0.15) is 0 Å². The van der Waals surface area contributed by atoms with Crippen molar-refractivity contribution in [2.45, 2.75) is 31.4 Å². The largest absolute Gasteiger partial charge is 0.265 e. The molecule has 1 aromatic heterocycles. The van der Waals surface area contributed by atoms with Gasteiger partial charge in [0, 0.05) is 28.8 Å². The lowest BCUT2D eigenvalue weighted by Gasteiger charge is -2.04. The molecule has 1 unspecified atom stereocenters. The molecule has 1 atom stereocenters. The Morgan fingerprint density at radius 2 is 2.18 bits per heavy atom. The van der Waals surface area contributed by atoms with Crippen molar-refractivity contribution in [3.63, 3.8) is 0 Å². The molecule has 2 rings (SSSR count). The molecule has 0 aliphatic carbocycles. The molecule has 2 aromatic rings. The number of benzene rings is 1. The first-order valence-electron chi connectivity index (χ1n) is 5.88. The molecule has 0 aliphatic heterocycles. The van der Waals surface area contributed by atoms with Gasteiger partial charge in [-0.05, 0) is 13.0 Å². The van der Waals surface area contributed by atoms with Gasteiger partial charge in [0.25, 0.3) is 0 Å². The van der Waals surface area contributed by atoms with Crippen molar-refractivity contribution in [1.29, 1.82) is 0 Å². The summed E-state index contributed by atoms with van der Waals surface area (Å²) in [5.74, 6) is 1.62. The highest BCUT2D eigenvalue weighted by Gasteiger charge is 2.10. The summed E-state index contributed by atoms with van der Waals surface area (Å²) in [7, 11) is 0. The SMILES string of the molecule is CCn1nc(CSC(C)CCl)c2ccccc21. The van der Waals surface area contributed by atoms with E-state index in [4.69, 9.17) is 11.6 Å². The topological polar surface area (TPSA) is 17.8 Å². The van der Waals surface area contributed by atoms with Gasteiger partial charge >= 0.3 is 0 Å². The summed E-state index contributed by atoms with van der Waals surface area (Å²) in [5, 5.41) is 6.41. The van der Waals surface area contributed by atoms with Crippen molar-refractivity contribution in [1.82, 2.24) is 9.78 Å². The molecule has 2 nitrogen and oxygen atoms in total. The molecule has 0 aliphatic rings. The number of hydrogen-bond acceptors (Lipinski definition) is 2. The second kappa shape index (κ2) is 5.78. The molecule has 0 spiro atoms. The van der Waals surface area contributed by atoms with Gasteiger partial charge in [-0.3, -0.25) is 4.68 Å². The van der Waals surface area contributed by atoms with Crippen molar-refractivity contribution in [3.8, 4) is 0 Å². The summed E-state index contributed by atoms with van der Waals surface area (Å²) in [6.07, 6.45) is 0. The molecule has 1 heterocycles. The molecule has 4 heteroatoms. The van der Waals surface area contributed by atoms with Crippen LogP contribution in [0.15, 0.2) is 24.3 Å². The van der Waals surface area contributed by atoms with Crippen LogP contribution in [0.2, 0.25) is 0 Å². The second-order valence-electron chi connectivity index (χ2n) is 4.06. The van der Waals surface area contributed by atoms with Crippen LogP contribution in [0.25, 0.3) is 10.9 Å². The standard InChI is InChI=1S/C13H17ClN2S/c1-3-16-13-7-5-4-6-11(13)12(15-16)9-17-10(2)8-14/h4-7,10H,3,8-9H2,1-2H3. The molecule has 0 radical (unpaired) electrons. The number of fused-ring (bicyclic) bond motifs is 1. The van der Waals surface area contributed by atoms with E-state index >= 15 is 0 Å². The number of alkyl halides is 1. The predicted molar refractivity (Wildman–Crippen MR) is 76.9 cm³/mol. The quantitative estimate of drug-likeness (QED) is 0.765. The smallest absolute Gasteiger partial charge is 0.0802 e. The second-order valence-corrected chi connectivity index (χ2v) is 5.79. The molecule has 0 bridgehead atoms. The van der Waals surface area contributed by atoms with Crippen LogP contribution in [0.3, 0.4) is 0 Å². The van der Waals surface area contributed by atoms with Crippen LogP contribution in [0, 0.1) is 0 Å². The summed E-state index contributed by atoms with van der Waals surface area (Å²) in [6.45, 7) is 5.19. The number of aromatic nitrogens is 2. The molecule has 1 aromatic carbocycles. The lowest BCUT2D eigenvalue weighted by atomic mass is 10.2. The number of rotatable bonds is 5. The number of para-hydroxylation sites is 1. The highest BCUT2D eigenvalue weighted by atomic mass is 35.5. The Morgan fingerprint density at radius 1 is 1.41 bits per heavy atom. The molecule has 17 heavy (non-hydrogen) atoms. The Hall–Kier alpha value is -0.670. The monoisotopic (exact) mass is 268 g/mol. The predicted octanol–water partition coefficient (Wildman–Crippen LogP) is 3.92. The number of hydrogen-bond donors (Lipinski definition) is 0. The van der Waals surface area contributed by atoms with Crippen LogP contribution in [-0.2, 0) is 12.3 Å². The molecule has 0 N–H and O–H groups in total. The van der Waals surface area contributed by atoms with E-state index in [9.17, 15) is 0 Å². The van der Waals surface area contributed by atoms with E-state index in [1.54, 1.807) is 0 Å². The van der Waals surface area contributed by atoms with Gasteiger partial charge in [0.15, 0.2) is 0 Å². The minimum Gasteiger partial charge on any atom is -0.265 e. The van der Waals surface area contributed by atoms with Crippen LogP contribution in [-0.4, -0.2) is 20.9 Å². The van der Waals surface area contributed by atoms with Crippen LogP contribution in [0.1, 0.15) is 19.5 Å². The van der Waals surface area contributed by atoms with Gasteiger partial charge in [-0.15, -0.1) is 11.6 Å². The summed E-state index contributed by atoms with van der Waals surface area (Å²) in [5.41, 5.74) is 2.40. The third-order valence-corrected chi connectivity index (χ3v) is 4.58. The maximum atomic E-state index is 5.82. The summed E-state index contributed by atoms with van der Waals surface area (Å²) < 4.78 is 2.07. The van der Waals surface area contributed by atoms with Crippen molar-refractivity contribution in [3.05, 3.63) is 30.0 Å². The van der Waals surface area contributed by atoms with E-state index < -0.39 is 0 Å². The van der Waals surface area contributed by atoms with Crippen molar-refractivity contribution in [2.75, 3.05) is 5.88 Å². The fraction of sp³-hybridized carbons (Fsp3) is 0.462. The molecule has 92 valence electrons. The summed E-state index contributed by atoms with van der Waals surface area (Å²) in [6, 6.07) is 8.42. The van der Waals surface area contributed by atoms with E-state index in [0.717, 1.165) is 12.3 Å². The third-order valence-electron chi connectivity index (χ3n) is 2.76. The zero-order valence-electron chi connectivity index (χ0n) is 10.2. The molecule has 0 amide bonds. The van der Waals surface area contributed by atoms with E-state index in [1.165, 1.54) is 16.6 Å². The minimum absolute atomic E-state index is 0.474. The van der Waals surface area contributed by atoms with Gasteiger partial charge in [-0.2, -0.15) is 16.9 Å². The van der Waals surface area contributed by atoms with Crippen molar-refractivity contribution < 1.29 is 0 Å². The van der Waals surface area contributed by atoms with Gasteiger partial charge in [-0.25, -0.2) is 0 Å². The fourth-order valence-corrected chi connectivity index (χ4v) is 2.82. The van der Waals surface area contributed by atoms with Crippen molar-refractivity contribution in [2.24, 2.45) is 0 Å². The van der Waals surface area contributed by atoms with Crippen LogP contribution in [0.4, 0.5) is 0 Å². The average Bonchev–Trinajstić information content (AvgIpc) is 2.74. The summed E-state index contributed by atoms with van der Waals surface area (Å²) in [4.78, 5) is 0. The van der Waals surface area contributed by atoms with Crippen molar-refractivity contribution >= 4 is 34.3 Å². The fourth-order valence-electron chi connectivity index (χ4n) is 1.81. The van der Waals surface area contributed by atoms with Crippen LogP contribution >= 0.6 is 23.4 Å². The van der Waals surface area contributed by atoms with E-state index in [2.05, 4.69) is 47.9 Å². The molecule has 0 saturated carbocycles. The van der Waals surface area contributed by atoms with Gasteiger partial charge in [0.2, 0.25) is 0 Å². The van der Waals surface area contributed by atoms with Crippen LogP contribution in [0.5, 0.6) is 0 Å². The first-order chi connectivity index (χ1) is 8.26. The van der Waals surface area contributed by atoms with Gasteiger partial charge in [0.05, 0.1) is 11.2 Å². The van der Waals surface area contributed by atoms with E-state index in [-0.39, 0.29) is 0 Å². The van der Waals surface area contributed by atoms with Gasteiger partial charge < -0.3 is 0 Å². The van der Waals surface area contributed by atoms with E-state index in [1.807, 2.05) is 11.8 Å². The minimum atomic E-state index is 0.474. The maximum Gasteiger partial charge on any atom is 0.0802 e. The molecule has 0 saturated heterocycles. The Bertz CT molecular complexity index is 495. The Kier molecular flexibility index (Phi) is 4.35. The van der Waals surface area contributed by atoms with E-state index in [0.29, 0.717) is 11.1 Å².